The van der Waals surface area contributed by atoms with Crippen molar-refractivity contribution in [2.75, 3.05) is 13.1 Å². The highest BCUT2D eigenvalue weighted by Gasteiger charge is 2.00. The fraction of sp³-hybridized carbons (Fsp3) is 0.286. The Morgan fingerprint density at radius 1 is 1.00 bits per heavy atom. The van der Waals surface area contributed by atoms with Crippen LogP contribution in [-0.2, 0) is 13.0 Å². The summed E-state index contributed by atoms with van der Waals surface area (Å²) in [5, 5.41) is 10.8. The standard InChI is InChI=1S/C21H26N6.HI/c1-2-23-21(24-14-6-9-18-7-4-3-5-8-18)25-15-19-10-12-20(13-11-19)27-17-22-16-26-27;/h3-5,7-8,10-13,16-17H,2,6,9,14-15H2,1H3,(H2,23,24,25);1H. The largest absolute Gasteiger partial charge is 0.357 e. The van der Waals surface area contributed by atoms with Crippen molar-refractivity contribution in [3.63, 3.8) is 0 Å². The average Bonchev–Trinajstić information content (AvgIpc) is 3.25. The molecule has 0 fully saturated rings. The van der Waals surface area contributed by atoms with Crippen LogP contribution in [0.15, 0.2) is 72.2 Å². The van der Waals surface area contributed by atoms with E-state index in [4.69, 9.17) is 0 Å². The number of hydrogen-bond acceptors (Lipinski definition) is 3. The van der Waals surface area contributed by atoms with Gasteiger partial charge in [-0.2, -0.15) is 5.10 Å². The molecule has 148 valence electrons. The predicted molar refractivity (Wildman–Crippen MR) is 124 cm³/mol. The Bertz CT molecular complexity index is 816. The van der Waals surface area contributed by atoms with Gasteiger partial charge in [0.2, 0.25) is 0 Å². The second kappa shape index (κ2) is 12.1. The van der Waals surface area contributed by atoms with Gasteiger partial charge in [-0.1, -0.05) is 42.5 Å². The third kappa shape index (κ3) is 6.95. The summed E-state index contributed by atoms with van der Waals surface area (Å²) in [5.41, 5.74) is 3.51. The molecule has 0 aliphatic rings. The van der Waals surface area contributed by atoms with E-state index in [2.05, 4.69) is 75.1 Å². The zero-order chi connectivity index (χ0) is 18.7. The summed E-state index contributed by atoms with van der Waals surface area (Å²) >= 11 is 0. The lowest BCUT2D eigenvalue weighted by Gasteiger charge is -2.11. The van der Waals surface area contributed by atoms with Crippen LogP contribution in [0, 0.1) is 0 Å². The number of rotatable bonds is 8. The number of halogens is 1. The number of guanidine groups is 1. The van der Waals surface area contributed by atoms with Crippen molar-refractivity contribution in [1.29, 1.82) is 0 Å². The van der Waals surface area contributed by atoms with E-state index in [1.807, 2.05) is 12.1 Å². The molecule has 0 bridgehead atoms. The van der Waals surface area contributed by atoms with Crippen molar-refractivity contribution in [2.45, 2.75) is 26.3 Å². The Kier molecular flexibility index (Phi) is 9.47. The average molecular weight is 490 g/mol. The van der Waals surface area contributed by atoms with E-state index in [9.17, 15) is 0 Å². The highest BCUT2D eigenvalue weighted by Crippen LogP contribution is 2.09. The van der Waals surface area contributed by atoms with Gasteiger partial charge in [-0.25, -0.2) is 14.7 Å². The molecule has 3 aromatic rings. The van der Waals surface area contributed by atoms with E-state index in [1.165, 1.54) is 11.9 Å². The monoisotopic (exact) mass is 490 g/mol. The van der Waals surface area contributed by atoms with Crippen LogP contribution in [0.2, 0.25) is 0 Å². The summed E-state index contributed by atoms with van der Waals surface area (Å²) in [5.74, 6) is 0.853. The van der Waals surface area contributed by atoms with Gasteiger partial charge in [0, 0.05) is 13.1 Å². The van der Waals surface area contributed by atoms with Gasteiger partial charge < -0.3 is 10.6 Å². The molecule has 6 nitrogen and oxygen atoms in total. The maximum atomic E-state index is 4.68. The molecule has 1 heterocycles. The Labute approximate surface area is 183 Å². The second-order valence-electron chi connectivity index (χ2n) is 6.22. The summed E-state index contributed by atoms with van der Waals surface area (Å²) in [7, 11) is 0. The second-order valence-corrected chi connectivity index (χ2v) is 6.22. The summed E-state index contributed by atoms with van der Waals surface area (Å²) in [6, 6.07) is 18.8. The molecular weight excluding hydrogens is 463 g/mol. The van der Waals surface area contributed by atoms with Crippen molar-refractivity contribution in [3.05, 3.63) is 78.4 Å². The molecule has 2 N–H and O–H groups in total. The molecule has 0 amide bonds. The summed E-state index contributed by atoms with van der Waals surface area (Å²) in [6.07, 6.45) is 5.36. The third-order valence-corrected chi connectivity index (χ3v) is 4.16. The zero-order valence-electron chi connectivity index (χ0n) is 16.1. The highest BCUT2D eigenvalue weighted by atomic mass is 127. The zero-order valence-corrected chi connectivity index (χ0v) is 18.4. The van der Waals surface area contributed by atoms with Crippen molar-refractivity contribution in [2.24, 2.45) is 4.99 Å². The van der Waals surface area contributed by atoms with Gasteiger partial charge in [0.15, 0.2) is 5.96 Å². The molecule has 0 radical (unpaired) electrons. The van der Waals surface area contributed by atoms with E-state index in [0.29, 0.717) is 6.54 Å². The summed E-state index contributed by atoms with van der Waals surface area (Å²) in [6.45, 7) is 4.45. The predicted octanol–water partition coefficient (Wildman–Crippen LogP) is 3.57. The first-order valence-corrected chi connectivity index (χ1v) is 9.35. The van der Waals surface area contributed by atoms with Gasteiger partial charge in [-0.15, -0.1) is 24.0 Å². The lowest BCUT2D eigenvalue weighted by molar-refractivity contribution is 0.744. The van der Waals surface area contributed by atoms with Crippen LogP contribution in [0.4, 0.5) is 0 Å². The highest BCUT2D eigenvalue weighted by molar-refractivity contribution is 14.0. The van der Waals surface area contributed by atoms with E-state index in [-0.39, 0.29) is 24.0 Å². The van der Waals surface area contributed by atoms with Crippen LogP contribution in [-0.4, -0.2) is 33.8 Å². The Balaban J connectivity index is 0.00000280. The molecule has 0 saturated heterocycles. The molecular formula is C21H27IN6. The first-order valence-electron chi connectivity index (χ1n) is 9.35. The minimum atomic E-state index is 0. The summed E-state index contributed by atoms with van der Waals surface area (Å²) in [4.78, 5) is 8.65. The van der Waals surface area contributed by atoms with Crippen LogP contribution in [0.5, 0.6) is 0 Å². The van der Waals surface area contributed by atoms with Crippen molar-refractivity contribution < 1.29 is 0 Å². The quantitative estimate of drug-likeness (QED) is 0.219. The molecule has 1 aromatic heterocycles. The SMILES string of the molecule is CCNC(=NCc1ccc(-n2cncn2)cc1)NCCCc1ccccc1.I. The number of nitrogens with zero attached hydrogens (tertiary/aromatic N) is 4. The van der Waals surface area contributed by atoms with Crippen molar-refractivity contribution >= 4 is 29.9 Å². The van der Waals surface area contributed by atoms with Gasteiger partial charge in [0.05, 0.1) is 12.2 Å². The van der Waals surface area contributed by atoms with Crippen molar-refractivity contribution in [3.8, 4) is 5.69 Å². The molecule has 28 heavy (non-hydrogen) atoms. The molecule has 0 spiro atoms. The molecule has 0 atom stereocenters. The third-order valence-electron chi connectivity index (χ3n) is 4.16. The topological polar surface area (TPSA) is 67.1 Å². The van der Waals surface area contributed by atoms with Crippen LogP contribution in [0.25, 0.3) is 5.69 Å². The fourth-order valence-electron chi connectivity index (χ4n) is 2.75. The lowest BCUT2D eigenvalue weighted by atomic mass is 10.1. The number of aromatic nitrogens is 3. The lowest BCUT2D eigenvalue weighted by Crippen LogP contribution is -2.37. The molecule has 2 aromatic carbocycles. The molecule has 0 aliphatic carbocycles. The van der Waals surface area contributed by atoms with Crippen LogP contribution >= 0.6 is 24.0 Å². The number of nitrogens with one attached hydrogen (secondary N) is 2. The molecule has 7 heteroatoms. The maximum Gasteiger partial charge on any atom is 0.191 e. The molecule has 3 rings (SSSR count). The van der Waals surface area contributed by atoms with Gasteiger partial charge in [-0.05, 0) is 43.0 Å². The van der Waals surface area contributed by atoms with E-state index in [1.54, 1.807) is 11.0 Å². The number of aryl methyl sites for hydroxylation is 1. The minimum absolute atomic E-state index is 0. The Hall–Kier alpha value is -2.42. The van der Waals surface area contributed by atoms with E-state index >= 15 is 0 Å². The van der Waals surface area contributed by atoms with Crippen LogP contribution in [0.1, 0.15) is 24.5 Å². The first kappa shape index (κ1) is 21.9. The Morgan fingerprint density at radius 2 is 1.79 bits per heavy atom. The Morgan fingerprint density at radius 3 is 2.46 bits per heavy atom. The van der Waals surface area contributed by atoms with Crippen molar-refractivity contribution in [1.82, 2.24) is 25.4 Å². The van der Waals surface area contributed by atoms with E-state index < -0.39 is 0 Å². The molecule has 0 saturated carbocycles. The normalized spacial score (nSPS) is 11.0. The first-order chi connectivity index (χ1) is 13.3. The van der Waals surface area contributed by atoms with Gasteiger partial charge in [0.25, 0.3) is 0 Å². The van der Waals surface area contributed by atoms with Gasteiger partial charge in [-0.3, -0.25) is 0 Å². The number of hydrogen-bond donors (Lipinski definition) is 2. The smallest absolute Gasteiger partial charge is 0.191 e. The van der Waals surface area contributed by atoms with Crippen LogP contribution < -0.4 is 10.6 Å². The summed E-state index contributed by atoms with van der Waals surface area (Å²) < 4.78 is 1.74. The minimum Gasteiger partial charge on any atom is -0.357 e. The number of benzene rings is 2. The van der Waals surface area contributed by atoms with E-state index in [0.717, 1.165) is 43.1 Å². The maximum absolute atomic E-state index is 4.68. The van der Waals surface area contributed by atoms with Gasteiger partial charge in [0.1, 0.15) is 12.7 Å². The number of aliphatic imine (C=N–C) groups is 1. The van der Waals surface area contributed by atoms with Crippen LogP contribution in [0.3, 0.4) is 0 Å². The molecule has 0 unspecified atom stereocenters. The molecule has 0 aliphatic heterocycles. The van der Waals surface area contributed by atoms with Gasteiger partial charge >= 0.3 is 0 Å². The fourth-order valence-corrected chi connectivity index (χ4v) is 2.75.